The molecule has 0 spiro atoms. The smallest absolute Gasteiger partial charge is 0.251 e. The molecule has 3 rings (SSSR count). The van der Waals surface area contributed by atoms with Crippen LogP contribution in [0.15, 0.2) is 53.1 Å². The Morgan fingerprint density at radius 1 is 1.07 bits per heavy atom. The van der Waals surface area contributed by atoms with Gasteiger partial charge in [-0.3, -0.25) is 4.79 Å². The highest BCUT2D eigenvalue weighted by Gasteiger charge is 2.11. The number of ether oxygens (including phenoxy) is 2. The second-order valence-electron chi connectivity index (χ2n) is 5.80. The SMILES string of the molecule is CCCOc1ccc(C(=O)NCc2nc(-c3ccc(OC)cc3)no2)cc1. The molecule has 0 atom stereocenters. The third-order valence-electron chi connectivity index (χ3n) is 3.81. The quantitative estimate of drug-likeness (QED) is 0.656. The van der Waals surface area contributed by atoms with Gasteiger partial charge in [0.25, 0.3) is 5.91 Å². The summed E-state index contributed by atoms with van der Waals surface area (Å²) >= 11 is 0. The van der Waals surface area contributed by atoms with E-state index in [1.54, 1.807) is 31.4 Å². The van der Waals surface area contributed by atoms with Gasteiger partial charge in [0.15, 0.2) is 0 Å². The molecule has 0 saturated heterocycles. The maximum atomic E-state index is 12.2. The maximum Gasteiger partial charge on any atom is 0.251 e. The number of carbonyl (C=O) groups excluding carboxylic acids is 1. The highest BCUT2D eigenvalue weighted by molar-refractivity contribution is 5.94. The normalized spacial score (nSPS) is 10.4. The number of nitrogens with one attached hydrogen (secondary N) is 1. The largest absolute Gasteiger partial charge is 0.497 e. The topological polar surface area (TPSA) is 86.5 Å². The number of rotatable bonds is 8. The lowest BCUT2D eigenvalue weighted by atomic mass is 10.2. The molecule has 1 aromatic heterocycles. The van der Waals surface area contributed by atoms with Gasteiger partial charge in [-0.25, -0.2) is 0 Å². The Bertz CT molecular complexity index is 873. The van der Waals surface area contributed by atoms with Gasteiger partial charge in [0.2, 0.25) is 11.7 Å². The van der Waals surface area contributed by atoms with E-state index in [0.717, 1.165) is 23.5 Å². The van der Waals surface area contributed by atoms with Crippen LogP contribution in [0.25, 0.3) is 11.4 Å². The lowest BCUT2D eigenvalue weighted by molar-refractivity contribution is 0.0946. The Morgan fingerprint density at radius 2 is 1.78 bits per heavy atom. The Hall–Kier alpha value is -3.35. The molecular formula is C20H21N3O4. The summed E-state index contributed by atoms with van der Waals surface area (Å²) in [5.74, 6) is 2.06. The highest BCUT2D eigenvalue weighted by Crippen LogP contribution is 2.19. The highest BCUT2D eigenvalue weighted by atomic mass is 16.5. The van der Waals surface area contributed by atoms with Crippen molar-refractivity contribution in [1.82, 2.24) is 15.5 Å². The zero-order valence-corrected chi connectivity index (χ0v) is 15.3. The zero-order chi connectivity index (χ0) is 19.1. The number of carbonyl (C=O) groups is 1. The van der Waals surface area contributed by atoms with E-state index in [1.807, 2.05) is 31.2 Å². The second kappa shape index (κ2) is 8.84. The average molecular weight is 367 g/mol. The molecule has 27 heavy (non-hydrogen) atoms. The number of hydrogen-bond acceptors (Lipinski definition) is 6. The number of hydrogen-bond donors (Lipinski definition) is 1. The van der Waals surface area contributed by atoms with E-state index < -0.39 is 0 Å². The first kappa shape index (κ1) is 18.4. The Labute approximate surface area is 157 Å². The third kappa shape index (κ3) is 4.84. The van der Waals surface area contributed by atoms with Crippen LogP contribution in [0.5, 0.6) is 11.5 Å². The van der Waals surface area contributed by atoms with Crippen molar-refractivity contribution >= 4 is 5.91 Å². The van der Waals surface area contributed by atoms with E-state index >= 15 is 0 Å². The molecule has 7 nitrogen and oxygen atoms in total. The summed E-state index contributed by atoms with van der Waals surface area (Å²) in [6.07, 6.45) is 0.935. The first-order valence-electron chi connectivity index (χ1n) is 8.67. The van der Waals surface area contributed by atoms with E-state index in [9.17, 15) is 4.79 Å². The minimum atomic E-state index is -0.221. The minimum absolute atomic E-state index is 0.149. The van der Waals surface area contributed by atoms with Gasteiger partial charge in [0.05, 0.1) is 20.3 Å². The number of aromatic nitrogens is 2. The molecule has 0 unspecified atom stereocenters. The Balaban J connectivity index is 1.56. The number of benzene rings is 2. The molecule has 2 aromatic carbocycles. The van der Waals surface area contributed by atoms with Crippen molar-refractivity contribution in [2.24, 2.45) is 0 Å². The summed E-state index contributed by atoms with van der Waals surface area (Å²) in [6.45, 7) is 2.84. The Kier molecular flexibility index (Phi) is 6.04. The number of nitrogens with zero attached hydrogens (tertiary/aromatic N) is 2. The summed E-state index contributed by atoms with van der Waals surface area (Å²) in [6, 6.07) is 14.3. The predicted molar refractivity (Wildman–Crippen MR) is 99.7 cm³/mol. The molecule has 0 aliphatic carbocycles. The average Bonchev–Trinajstić information content (AvgIpc) is 3.20. The molecule has 0 radical (unpaired) electrons. The van der Waals surface area contributed by atoms with Crippen LogP contribution >= 0.6 is 0 Å². The van der Waals surface area contributed by atoms with Crippen molar-refractivity contribution in [2.75, 3.05) is 13.7 Å². The third-order valence-corrected chi connectivity index (χ3v) is 3.81. The van der Waals surface area contributed by atoms with Gasteiger partial charge in [-0.2, -0.15) is 4.98 Å². The van der Waals surface area contributed by atoms with Gasteiger partial charge in [0, 0.05) is 11.1 Å². The summed E-state index contributed by atoms with van der Waals surface area (Å²) in [7, 11) is 1.61. The van der Waals surface area contributed by atoms with Crippen LogP contribution in [0.4, 0.5) is 0 Å². The molecule has 0 aliphatic rings. The second-order valence-corrected chi connectivity index (χ2v) is 5.80. The van der Waals surface area contributed by atoms with Crippen molar-refractivity contribution in [2.45, 2.75) is 19.9 Å². The fourth-order valence-corrected chi connectivity index (χ4v) is 2.36. The van der Waals surface area contributed by atoms with Crippen molar-refractivity contribution in [1.29, 1.82) is 0 Å². The van der Waals surface area contributed by atoms with Crippen molar-refractivity contribution < 1.29 is 18.8 Å². The molecule has 3 aromatic rings. The summed E-state index contributed by atoms with van der Waals surface area (Å²) in [5, 5.41) is 6.70. The summed E-state index contributed by atoms with van der Waals surface area (Å²) in [4.78, 5) is 16.5. The van der Waals surface area contributed by atoms with Gasteiger partial charge in [0.1, 0.15) is 11.5 Å². The van der Waals surface area contributed by atoms with Crippen LogP contribution in [-0.2, 0) is 6.54 Å². The Morgan fingerprint density at radius 3 is 2.44 bits per heavy atom. The lowest BCUT2D eigenvalue weighted by Crippen LogP contribution is -2.22. The minimum Gasteiger partial charge on any atom is -0.497 e. The molecule has 7 heteroatoms. The lowest BCUT2D eigenvalue weighted by Gasteiger charge is -2.06. The molecule has 1 amide bonds. The van der Waals surface area contributed by atoms with E-state index in [4.69, 9.17) is 14.0 Å². The molecule has 140 valence electrons. The molecular weight excluding hydrogens is 346 g/mol. The van der Waals surface area contributed by atoms with Gasteiger partial charge in [-0.05, 0) is 55.0 Å². The van der Waals surface area contributed by atoms with E-state index in [1.165, 1.54) is 0 Å². The van der Waals surface area contributed by atoms with Crippen LogP contribution in [0, 0.1) is 0 Å². The molecule has 0 fully saturated rings. The van der Waals surface area contributed by atoms with E-state index in [-0.39, 0.29) is 12.5 Å². The van der Waals surface area contributed by atoms with Crippen LogP contribution in [0.1, 0.15) is 29.6 Å². The zero-order valence-electron chi connectivity index (χ0n) is 15.3. The number of methoxy groups -OCH3 is 1. The van der Waals surface area contributed by atoms with Crippen LogP contribution in [0.2, 0.25) is 0 Å². The van der Waals surface area contributed by atoms with Crippen molar-refractivity contribution in [3.05, 3.63) is 60.0 Å². The monoisotopic (exact) mass is 367 g/mol. The first-order chi connectivity index (χ1) is 13.2. The first-order valence-corrected chi connectivity index (χ1v) is 8.67. The fourth-order valence-electron chi connectivity index (χ4n) is 2.36. The van der Waals surface area contributed by atoms with Crippen molar-refractivity contribution in [3.8, 4) is 22.9 Å². The van der Waals surface area contributed by atoms with Gasteiger partial charge in [-0.1, -0.05) is 12.1 Å². The predicted octanol–water partition coefficient (Wildman–Crippen LogP) is 3.46. The number of amides is 1. The molecule has 0 aliphatic heterocycles. The molecule has 0 bridgehead atoms. The van der Waals surface area contributed by atoms with Gasteiger partial charge < -0.3 is 19.3 Å². The van der Waals surface area contributed by atoms with Crippen molar-refractivity contribution in [3.63, 3.8) is 0 Å². The van der Waals surface area contributed by atoms with E-state index in [0.29, 0.717) is 23.9 Å². The fraction of sp³-hybridized carbons (Fsp3) is 0.250. The molecule has 1 heterocycles. The van der Waals surface area contributed by atoms with Crippen LogP contribution < -0.4 is 14.8 Å². The molecule has 0 saturated carbocycles. The standard InChI is InChI=1S/C20H21N3O4/c1-3-12-26-17-10-6-15(7-11-17)20(24)21-13-18-22-19(23-27-18)14-4-8-16(25-2)9-5-14/h4-11H,3,12-13H2,1-2H3,(H,21,24). The molecule has 1 N–H and O–H groups in total. The van der Waals surface area contributed by atoms with Crippen LogP contribution in [0.3, 0.4) is 0 Å². The summed E-state index contributed by atoms with van der Waals surface area (Å²) in [5.41, 5.74) is 1.34. The van der Waals surface area contributed by atoms with Gasteiger partial charge in [-0.15, -0.1) is 0 Å². The van der Waals surface area contributed by atoms with Crippen LogP contribution in [-0.4, -0.2) is 29.8 Å². The van der Waals surface area contributed by atoms with E-state index in [2.05, 4.69) is 15.5 Å². The summed E-state index contributed by atoms with van der Waals surface area (Å²) < 4.78 is 15.8. The maximum absolute atomic E-state index is 12.2. The van der Waals surface area contributed by atoms with Gasteiger partial charge >= 0.3 is 0 Å².